The molecule has 0 aliphatic carbocycles. The summed E-state index contributed by atoms with van der Waals surface area (Å²) in [5, 5.41) is 0. The molecule has 1 amide bonds. The van der Waals surface area contributed by atoms with Gasteiger partial charge in [-0.3, -0.25) is 4.79 Å². The first-order chi connectivity index (χ1) is 14.1. The molecule has 0 aliphatic rings. The molecule has 0 aliphatic heterocycles. The van der Waals surface area contributed by atoms with Crippen LogP contribution in [0.4, 0.5) is 0 Å². The molecule has 0 spiro atoms. The van der Waals surface area contributed by atoms with E-state index in [1.165, 1.54) is 16.8 Å². The third kappa shape index (κ3) is 5.38. The van der Waals surface area contributed by atoms with Crippen molar-refractivity contribution in [2.45, 2.75) is 53.1 Å². The van der Waals surface area contributed by atoms with E-state index >= 15 is 0 Å². The minimum atomic E-state index is 0.128. The molecule has 3 heteroatoms. The smallest absolute Gasteiger partial charge is 0.254 e. The average molecular weight is 389 g/mol. The number of aromatic nitrogens is 1. The van der Waals surface area contributed by atoms with Crippen LogP contribution in [-0.4, -0.2) is 21.9 Å². The Morgan fingerprint density at radius 3 is 2.34 bits per heavy atom. The highest BCUT2D eigenvalue weighted by Crippen LogP contribution is 2.17. The highest BCUT2D eigenvalue weighted by atomic mass is 16.2. The summed E-state index contributed by atoms with van der Waals surface area (Å²) in [6.07, 6.45) is 5.44. The number of hydrogen-bond donors (Lipinski definition) is 0. The van der Waals surface area contributed by atoms with Crippen molar-refractivity contribution < 1.29 is 4.79 Å². The zero-order chi connectivity index (χ0) is 20.6. The van der Waals surface area contributed by atoms with Crippen molar-refractivity contribution in [3.63, 3.8) is 0 Å². The van der Waals surface area contributed by atoms with Crippen LogP contribution < -0.4 is 0 Å². The van der Waals surface area contributed by atoms with Gasteiger partial charge in [0.05, 0.1) is 6.54 Å². The third-order valence-electron chi connectivity index (χ3n) is 5.57. The van der Waals surface area contributed by atoms with Gasteiger partial charge in [-0.05, 0) is 55.2 Å². The van der Waals surface area contributed by atoms with Crippen LogP contribution in [0.2, 0.25) is 0 Å². The quantitative estimate of drug-likeness (QED) is 0.414. The molecule has 3 aromatic rings. The topological polar surface area (TPSA) is 25.2 Å². The fourth-order valence-electron chi connectivity index (χ4n) is 3.70. The number of hydrogen-bond acceptors (Lipinski definition) is 1. The lowest BCUT2D eigenvalue weighted by atomic mass is 10.1. The van der Waals surface area contributed by atoms with E-state index < -0.39 is 0 Å². The molecule has 29 heavy (non-hydrogen) atoms. The Morgan fingerprint density at radius 2 is 1.62 bits per heavy atom. The van der Waals surface area contributed by atoms with Crippen LogP contribution in [0.3, 0.4) is 0 Å². The van der Waals surface area contributed by atoms with Crippen molar-refractivity contribution >= 4 is 5.91 Å². The van der Waals surface area contributed by atoms with Crippen LogP contribution in [0.5, 0.6) is 0 Å². The van der Waals surface area contributed by atoms with Crippen LogP contribution in [-0.2, 0) is 13.1 Å². The molecule has 0 saturated heterocycles. The van der Waals surface area contributed by atoms with Gasteiger partial charge in [0, 0.05) is 30.5 Å². The normalized spacial score (nSPS) is 10.9. The van der Waals surface area contributed by atoms with Crippen LogP contribution in [0.15, 0.2) is 66.9 Å². The highest BCUT2D eigenvalue weighted by Gasteiger charge is 2.19. The van der Waals surface area contributed by atoms with Crippen molar-refractivity contribution in [2.75, 3.05) is 6.54 Å². The first-order valence-corrected chi connectivity index (χ1v) is 10.6. The third-order valence-corrected chi connectivity index (χ3v) is 5.57. The Hall–Kier alpha value is -2.81. The van der Waals surface area contributed by atoms with E-state index in [4.69, 9.17) is 0 Å². The maximum Gasteiger partial charge on any atom is 0.254 e. The summed E-state index contributed by atoms with van der Waals surface area (Å²) in [5.41, 5.74) is 5.62. The van der Waals surface area contributed by atoms with Gasteiger partial charge in [-0.1, -0.05) is 62.2 Å². The lowest BCUT2D eigenvalue weighted by molar-refractivity contribution is 0.0735. The van der Waals surface area contributed by atoms with Crippen molar-refractivity contribution in [3.8, 4) is 0 Å². The maximum absolute atomic E-state index is 13.3. The number of unbranched alkanes of at least 4 members (excludes halogenated alkanes) is 2. The van der Waals surface area contributed by atoms with Crippen LogP contribution in [0.1, 0.15) is 58.9 Å². The van der Waals surface area contributed by atoms with E-state index in [0.717, 1.165) is 43.5 Å². The number of carbonyl (C=O) groups excluding carboxylic acids is 1. The largest absolute Gasteiger partial charge is 0.345 e. The second-order valence-electron chi connectivity index (χ2n) is 7.80. The van der Waals surface area contributed by atoms with Gasteiger partial charge in [0.25, 0.3) is 5.91 Å². The Kier molecular flexibility index (Phi) is 7.29. The highest BCUT2D eigenvalue weighted by molar-refractivity contribution is 5.95. The molecule has 3 nitrogen and oxygen atoms in total. The fraction of sp³-hybridized carbons (Fsp3) is 0.346. The summed E-state index contributed by atoms with van der Waals surface area (Å²) in [7, 11) is 0. The summed E-state index contributed by atoms with van der Waals surface area (Å²) >= 11 is 0. The van der Waals surface area contributed by atoms with Gasteiger partial charge in [-0.25, -0.2) is 0 Å². The minimum absolute atomic E-state index is 0.128. The molecular weight excluding hydrogens is 356 g/mol. The van der Waals surface area contributed by atoms with Gasteiger partial charge in [-0.15, -0.1) is 0 Å². The first kappa shape index (κ1) is 20.9. The molecule has 1 heterocycles. The number of amides is 1. The van der Waals surface area contributed by atoms with Gasteiger partial charge >= 0.3 is 0 Å². The summed E-state index contributed by atoms with van der Waals surface area (Å²) < 4.78 is 2.26. The van der Waals surface area contributed by atoms with Gasteiger partial charge in [-0.2, -0.15) is 0 Å². The molecule has 1 aromatic heterocycles. The number of carbonyl (C=O) groups is 1. The predicted molar refractivity (Wildman–Crippen MR) is 120 cm³/mol. The summed E-state index contributed by atoms with van der Waals surface area (Å²) in [5.74, 6) is 0.128. The van der Waals surface area contributed by atoms with E-state index in [1.54, 1.807) is 0 Å². The van der Waals surface area contributed by atoms with Crippen molar-refractivity contribution in [1.82, 2.24) is 9.47 Å². The van der Waals surface area contributed by atoms with Gasteiger partial charge in [0.2, 0.25) is 0 Å². The Labute approximate surface area is 175 Å². The average Bonchev–Trinajstić information content (AvgIpc) is 3.15. The fourth-order valence-corrected chi connectivity index (χ4v) is 3.70. The monoisotopic (exact) mass is 388 g/mol. The first-order valence-electron chi connectivity index (χ1n) is 10.6. The Morgan fingerprint density at radius 1 is 0.897 bits per heavy atom. The lowest BCUT2D eigenvalue weighted by Crippen LogP contribution is -2.33. The van der Waals surface area contributed by atoms with Crippen LogP contribution in [0, 0.1) is 13.8 Å². The number of aryl methyl sites for hydroxylation is 2. The van der Waals surface area contributed by atoms with E-state index in [1.807, 2.05) is 36.1 Å². The van der Waals surface area contributed by atoms with Gasteiger partial charge < -0.3 is 9.47 Å². The van der Waals surface area contributed by atoms with E-state index in [0.29, 0.717) is 6.54 Å². The molecule has 0 N–H and O–H groups in total. The molecule has 0 unspecified atom stereocenters. The number of nitrogens with zero attached hydrogens (tertiary/aromatic N) is 2. The number of benzene rings is 2. The van der Waals surface area contributed by atoms with E-state index in [2.05, 4.69) is 61.0 Å². The molecular formula is C26H32N2O. The van der Waals surface area contributed by atoms with E-state index in [9.17, 15) is 4.79 Å². The van der Waals surface area contributed by atoms with Crippen molar-refractivity contribution in [2.24, 2.45) is 0 Å². The molecule has 152 valence electrons. The summed E-state index contributed by atoms with van der Waals surface area (Å²) in [6.45, 7) is 8.61. The second kappa shape index (κ2) is 10.1. The van der Waals surface area contributed by atoms with Crippen molar-refractivity contribution in [3.05, 3.63) is 94.8 Å². The minimum Gasteiger partial charge on any atom is -0.345 e. The SMILES string of the molecule is CCCCCN(Cc1cccn1Cc1ccccc1C)C(=O)c1ccccc1C. The Bertz CT molecular complexity index is 941. The van der Waals surface area contributed by atoms with Crippen molar-refractivity contribution in [1.29, 1.82) is 0 Å². The van der Waals surface area contributed by atoms with E-state index in [-0.39, 0.29) is 5.91 Å². The van der Waals surface area contributed by atoms with Crippen LogP contribution >= 0.6 is 0 Å². The summed E-state index contributed by atoms with van der Waals surface area (Å²) in [4.78, 5) is 15.3. The second-order valence-corrected chi connectivity index (χ2v) is 7.80. The standard InChI is InChI=1S/C26H32N2O/c1-4-5-10-17-28(26(29)25-16-9-7-13-22(25)3)20-24-15-11-18-27(24)19-23-14-8-6-12-21(23)2/h6-9,11-16,18H,4-5,10,17,19-20H2,1-3H3. The molecule has 3 rings (SSSR count). The summed E-state index contributed by atoms with van der Waals surface area (Å²) in [6, 6.07) is 20.6. The molecule has 0 fully saturated rings. The number of rotatable bonds is 9. The molecule has 0 radical (unpaired) electrons. The molecule has 2 aromatic carbocycles. The van der Waals surface area contributed by atoms with Gasteiger partial charge in [0.1, 0.15) is 0 Å². The maximum atomic E-state index is 13.3. The molecule has 0 atom stereocenters. The van der Waals surface area contributed by atoms with Gasteiger partial charge in [0.15, 0.2) is 0 Å². The predicted octanol–water partition coefficient (Wildman–Crippen LogP) is 5.99. The zero-order valence-electron chi connectivity index (χ0n) is 17.9. The molecule has 0 bridgehead atoms. The lowest BCUT2D eigenvalue weighted by Gasteiger charge is -2.24. The molecule has 0 saturated carbocycles. The Balaban J connectivity index is 1.81. The zero-order valence-corrected chi connectivity index (χ0v) is 17.9. The van der Waals surface area contributed by atoms with Crippen LogP contribution in [0.25, 0.3) is 0 Å².